The number of ketones is 1. The first-order valence-corrected chi connectivity index (χ1v) is 4.34. The summed E-state index contributed by atoms with van der Waals surface area (Å²) in [6, 6.07) is 0. The molecule has 1 saturated heterocycles. The minimum Gasteiger partial charge on any atom is -0.378 e. The van der Waals surface area contributed by atoms with Crippen LogP contribution in [0.1, 0.15) is 33.1 Å². The van der Waals surface area contributed by atoms with Crippen molar-refractivity contribution in [3.05, 3.63) is 0 Å². The first kappa shape index (κ1) is 8.72. The molecule has 2 nitrogen and oxygen atoms in total. The molecule has 0 saturated carbocycles. The van der Waals surface area contributed by atoms with Gasteiger partial charge in [-0.2, -0.15) is 0 Å². The van der Waals surface area contributed by atoms with Crippen LogP contribution in [0.3, 0.4) is 0 Å². The molecule has 1 rings (SSSR count). The molecule has 1 heterocycles. The van der Waals surface area contributed by atoms with Gasteiger partial charge < -0.3 is 4.74 Å². The topological polar surface area (TPSA) is 26.3 Å². The fourth-order valence-corrected chi connectivity index (χ4v) is 1.47. The molecule has 0 amide bonds. The van der Waals surface area contributed by atoms with Gasteiger partial charge in [-0.3, -0.25) is 4.79 Å². The van der Waals surface area contributed by atoms with Crippen molar-refractivity contribution in [2.24, 2.45) is 5.92 Å². The highest BCUT2D eigenvalue weighted by Crippen LogP contribution is 2.16. The Kier molecular flexibility index (Phi) is 3.06. The van der Waals surface area contributed by atoms with Gasteiger partial charge in [0.25, 0.3) is 0 Å². The summed E-state index contributed by atoms with van der Waals surface area (Å²) in [7, 11) is 0. The second-order valence-corrected chi connectivity index (χ2v) is 3.39. The van der Waals surface area contributed by atoms with Gasteiger partial charge >= 0.3 is 0 Å². The van der Waals surface area contributed by atoms with Crippen LogP contribution in [0.15, 0.2) is 0 Å². The molecule has 2 unspecified atom stereocenters. The van der Waals surface area contributed by atoms with E-state index in [0.29, 0.717) is 12.2 Å². The SMILES string of the molecule is CC1CC(C)C(=O)CCCO1. The van der Waals surface area contributed by atoms with Crippen LogP contribution in [0, 0.1) is 5.92 Å². The highest BCUT2D eigenvalue weighted by molar-refractivity contribution is 5.80. The molecule has 0 bridgehead atoms. The molecule has 2 atom stereocenters. The molecule has 64 valence electrons. The maximum Gasteiger partial charge on any atom is 0.135 e. The lowest BCUT2D eigenvalue weighted by Crippen LogP contribution is -2.22. The molecule has 2 heteroatoms. The lowest BCUT2D eigenvalue weighted by Gasteiger charge is -2.20. The number of Topliss-reactive ketones (excluding diaryl/α,β-unsaturated/α-hetero) is 1. The number of hydrogen-bond donors (Lipinski definition) is 0. The van der Waals surface area contributed by atoms with Crippen molar-refractivity contribution in [2.45, 2.75) is 39.2 Å². The van der Waals surface area contributed by atoms with Gasteiger partial charge in [-0.15, -0.1) is 0 Å². The summed E-state index contributed by atoms with van der Waals surface area (Å²) in [5, 5.41) is 0. The van der Waals surface area contributed by atoms with Gasteiger partial charge in [-0.05, 0) is 19.8 Å². The Morgan fingerprint density at radius 2 is 2.18 bits per heavy atom. The molecular formula is C9H16O2. The van der Waals surface area contributed by atoms with E-state index in [1.807, 2.05) is 13.8 Å². The molecule has 0 N–H and O–H groups in total. The molecule has 0 aromatic heterocycles. The van der Waals surface area contributed by atoms with E-state index in [1.54, 1.807) is 0 Å². The number of carbonyl (C=O) groups is 1. The van der Waals surface area contributed by atoms with Crippen molar-refractivity contribution in [3.63, 3.8) is 0 Å². The van der Waals surface area contributed by atoms with Crippen LogP contribution in [0.2, 0.25) is 0 Å². The number of rotatable bonds is 0. The molecule has 0 aromatic carbocycles. The Labute approximate surface area is 67.9 Å². The van der Waals surface area contributed by atoms with Crippen molar-refractivity contribution in [3.8, 4) is 0 Å². The smallest absolute Gasteiger partial charge is 0.135 e. The van der Waals surface area contributed by atoms with Gasteiger partial charge in [0.1, 0.15) is 5.78 Å². The fraction of sp³-hybridized carbons (Fsp3) is 0.889. The lowest BCUT2D eigenvalue weighted by molar-refractivity contribution is -0.125. The lowest BCUT2D eigenvalue weighted by atomic mass is 9.95. The van der Waals surface area contributed by atoms with E-state index in [-0.39, 0.29) is 12.0 Å². The average molecular weight is 156 g/mol. The Morgan fingerprint density at radius 1 is 1.45 bits per heavy atom. The van der Waals surface area contributed by atoms with Crippen LogP contribution >= 0.6 is 0 Å². The summed E-state index contributed by atoms with van der Waals surface area (Å²) in [5.74, 6) is 0.602. The van der Waals surface area contributed by atoms with E-state index in [9.17, 15) is 4.79 Å². The number of hydrogen-bond acceptors (Lipinski definition) is 2. The van der Waals surface area contributed by atoms with Crippen molar-refractivity contribution in [1.29, 1.82) is 0 Å². The summed E-state index contributed by atoms with van der Waals surface area (Å²) in [4.78, 5) is 11.3. The average Bonchev–Trinajstić information content (AvgIpc) is 1.95. The maximum absolute atomic E-state index is 11.3. The third-order valence-electron chi connectivity index (χ3n) is 2.21. The quantitative estimate of drug-likeness (QED) is 0.534. The molecule has 1 aliphatic heterocycles. The van der Waals surface area contributed by atoms with Crippen LogP contribution in [-0.4, -0.2) is 18.5 Å². The molecule has 0 aromatic rings. The third kappa shape index (κ3) is 2.62. The summed E-state index contributed by atoms with van der Waals surface area (Å²) in [6.07, 6.45) is 2.74. The van der Waals surface area contributed by atoms with Crippen LogP contribution in [0.5, 0.6) is 0 Å². The molecule has 0 spiro atoms. The first-order valence-electron chi connectivity index (χ1n) is 4.34. The van der Waals surface area contributed by atoms with E-state index in [0.717, 1.165) is 19.4 Å². The Bertz CT molecular complexity index is 142. The molecule has 11 heavy (non-hydrogen) atoms. The van der Waals surface area contributed by atoms with Crippen molar-refractivity contribution >= 4 is 5.78 Å². The van der Waals surface area contributed by atoms with Gasteiger partial charge in [-0.25, -0.2) is 0 Å². The number of carbonyl (C=O) groups excluding carboxylic acids is 1. The van der Waals surface area contributed by atoms with Crippen LogP contribution in [-0.2, 0) is 9.53 Å². The normalized spacial score (nSPS) is 34.5. The predicted octanol–water partition coefficient (Wildman–Crippen LogP) is 1.78. The van der Waals surface area contributed by atoms with Crippen LogP contribution < -0.4 is 0 Å². The summed E-state index contributed by atoms with van der Waals surface area (Å²) in [5.41, 5.74) is 0. The second kappa shape index (κ2) is 3.86. The standard InChI is InChI=1S/C9H16O2/c1-7-6-8(2)11-5-3-4-9(7)10/h7-8H,3-6H2,1-2H3. The fourth-order valence-electron chi connectivity index (χ4n) is 1.47. The van der Waals surface area contributed by atoms with E-state index in [2.05, 4.69) is 0 Å². The Balaban J connectivity index is 2.45. The zero-order chi connectivity index (χ0) is 8.27. The van der Waals surface area contributed by atoms with Crippen LogP contribution in [0.4, 0.5) is 0 Å². The van der Waals surface area contributed by atoms with Gasteiger partial charge in [0, 0.05) is 18.9 Å². The van der Waals surface area contributed by atoms with Gasteiger partial charge in [0.15, 0.2) is 0 Å². The highest BCUT2D eigenvalue weighted by Gasteiger charge is 2.18. The minimum atomic E-state index is 0.199. The van der Waals surface area contributed by atoms with Gasteiger partial charge in [0.2, 0.25) is 0 Å². The molecule has 1 aliphatic rings. The summed E-state index contributed by atoms with van der Waals surface area (Å²) >= 11 is 0. The third-order valence-corrected chi connectivity index (χ3v) is 2.21. The summed E-state index contributed by atoms with van der Waals surface area (Å²) < 4.78 is 5.45. The predicted molar refractivity (Wildman–Crippen MR) is 43.4 cm³/mol. The van der Waals surface area contributed by atoms with E-state index >= 15 is 0 Å². The van der Waals surface area contributed by atoms with Crippen molar-refractivity contribution in [2.75, 3.05) is 6.61 Å². The second-order valence-electron chi connectivity index (χ2n) is 3.39. The van der Waals surface area contributed by atoms with E-state index < -0.39 is 0 Å². The Hall–Kier alpha value is -0.370. The first-order chi connectivity index (χ1) is 5.20. The molecule has 0 aliphatic carbocycles. The zero-order valence-corrected chi connectivity index (χ0v) is 7.30. The molecular weight excluding hydrogens is 140 g/mol. The minimum absolute atomic E-state index is 0.199. The van der Waals surface area contributed by atoms with Crippen molar-refractivity contribution < 1.29 is 9.53 Å². The maximum atomic E-state index is 11.3. The van der Waals surface area contributed by atoms with Gasteiger partial charge in [0.05, 0.1) is 6.10 Å². The van der Waals surface area contributed by atoms with E-state index in [4.69, 9.17) is 4.74 Å². The summed E-state index contributed by atoms with van der Waals surface area (Å²) in [6.45, 7) is 4.78. The zero-order valence-electron chi connectivity index (χ0n) is 7.30. The molecule has 0 radical (unpaired) electrons. The number of ether oxygens (including phenoxy) is 1. The largest absolute Gasteiger partial charge is 0.378 e. The van der Waals surface area contributed by atoms with Gasteiger partial charge in [-0.1, -0.05) is 6.92 Å². The van der Waals surface area contributed by atoms with Crippen molar-refractivity contribution in [1.82, 2.24) is 0 Å². The monoisotopic (exact) mass is 156 g/mol. The Morgan fingerprint density at radius 3 is 2.91 bits per heavy atom. The highest BCUT2D eigenvalue weighted by atomic mass is 16.5. The molecule has 1 fully saturated rings. The van der Waals surface area contributed by atoms with E-state index in [1.165, 1.54) is 0 Å². The van der Waals surface area contributed by atoms with Crippen LogP contribution in [0.25, 0.3) is 0 Å².